The molecule has 11 amide bonds. The third-order valence-electron chi connectivity index (χ3n) is 26.5. The van der Waals surface area contributed by atoms with Crippen LogP contribution in [-0.2, 0) is 105 Å². The van der Waals surface area contributed by atoms with Gasteiger partial charge in [-0.25, -0.2) is 4.79 Å². The number of carbonyl (C=O) groups excluding carboxylic acids is 11. The first kappa shape index (κ1) is 137. The molecule has 3 saturated heterocycles. The quantitative estimate of drug-likeness (QED) is 0.0288. The molecule has 0 aromatic heterocycles. The van der Waals surface area contributed by atoms with Crippen LogP contribution in [0, 0.1) is 0 Å². The van der Waals surface area contributed by atoms with E-state index in [0.717, 1.165) is 32.1 Å². The predicted octanol–water partition coefficient (Wildman–Crippen LogP) is 6.53. The molecule has 3 rings (SSSR count). The van der Waals surface area contributed by atoms with Crippen molar-refractivity contribution in [2.24, 2.45) is 0 Å². The molecule has 43 nitrogen and oxygen atoms in total. The van der Waals surface area contributed by atoms with Gasteiger partial charge in [0, 0.05) is 145 Å². The van der Waals surface area contributed by atoms with E-state index in [2.05, 4.69) is 72.3 Å². The van der Waals surface area contributed by atoms with Crippen molar-refractivity contribution in [2.75, 3.05) is 152 Å². The van der Waals surface area contributed by atoms with Crippen LogP contribution in [-0.4, -0.2) is 366 Å². The number of amides is 11. The van der Waals surface area contributed by atoms with Gasteiger partial charge in [0.15, 0.2) is 18.9 Å². The summed E-state index contributed by atoms with van der Waals surface area (Å²) in [6.07, 6.45) is 28.7. The van der Waals surface area contributed by atoms with E-state index in [1.54, 1.807) is 0 Å². The van der Waals surface area contributed by atoms with Gasteiger partial charge in [-0.05, 0) is 83.5 Å². The van der Waals surface area contributed by atoms with E-state index in [1.165, 1.54) is 194 Å². The highest BCUT2D eigenvalue weighted by molar-refractivity contribution is 5.79. The summed E-state index contributed by atoms with van der Waals surface area (Å²) < 4.78 is 70.8. The van der Waals surface area contributed by atoms with Gasteiger partial charge in [0.2, 0.25) is 59.1 Å². The van der Waals surface area contributed by atoms with E-state index in [9.17, 15) is 98.7 Å². The largest absolute Gasteiger partial charge is 0.447 e. The average Bonchev–Trinajstić information content (AvgIpc) is 0.817. The van der Waals surface area contributed by atoms with Crippen molar-refractivity contribution in [2.45, 2.75) is 466 Å². The van der Waals surface area contributed by atoms with Gasteiger partial charge < -0.3 is 161 Å². The van der Waals surface area contributed by atoms with Gasteiger partial charge in [-0.15, -0.1) is 0 Å². The molecule has 3 heterocycles. The van der Waals surface area contributed by atoms with Crippen LogP contribution < -0.4 is 58.5 Å². The van der Waals surface area contributed by atoms with E-state index in [-0.39, 0.29) is 192 Å². The zero-order valence-corrected chi connectivity index (χ0v) is 91.5. The van der Waals surface area contributed by atoms with Crippen molar-refractivity contribution < 1.29 is 156 Å². The van der Waals surface area contributed by atoms with Gasteiger partial charge in [-0.2, -0.15) is 0 Å². The molecular weight excluding hydrogens is 1950 g/mol. The fourth-order valence-electron chi connectivity index (χ4n) is 17.7. The molecule has 3 fully saturated rings. The van der Waals surface area contributed by atoms with E-state index in [0.29, 0.717) is 96.9 Å². The molecular formula is C107H199N11O32. The fraction of sp³-hybridized carbons (Fsp3) is 0.897. The number of unbranched alkanes of at least 4 members (excludes halogenated alkanes) is 35. The lowest BCUT2D eigenvalue weighted by Gasteiger charge is -2.42. The molecule has 0 bridgehead atoms. The van der Waals surface area contributed by atoms with Gasteiger partial charge in [0.05, 0.1) is 66.1 Å². The SMILES string of the molecule is CCCCCCCCCCCCCCCCCCOC[C@H](COC(=O)NCCCCCC(=O)NC(COCCC(=O)NCCCNC(=O)CCCCOC1OC(CO)C(O)C(O)C1NC(C)=O)(COCCC(=O)NCCCNC(=O)CCCCOC1OC(CO)C(O)C(O)C1NC(C)=O)COCCC(=O)NCCCNC(=O)CCCCOC1OC(CO)C(O)C(O)C1NC(C)=O)OCCCCCCCCCCCCCCCCCC. The molecule has 16 atom stereocenters. The summed E-state index contributed by atoms with van der Waals surface area (Å²) in [5, 5.41) is 122. The Morgan fingerprint density at radius 3 is 0.833 bits per heavy atom. The number of rotatable bonds is 97. The molecule has 150 heavy (non-hydrogen) atoms. The van der Waals surface area contributed by atoms with Crippen LogP contribution in [0.4, 0.5) is 4.79 Å². The molecule has 0 spiro atoms. The summed E-state index contributed by atoms with van der Waals surface area (Å²) >= 11 is 0. The maximum absolute atomic E-state index is 14.3. The minimum atomic E-state index is -1.49. The molecule has 0 aromatic rings. The van der Waals surface area contributed by atoms with Crippen molar-refractivity contribution in [1.29, 1.82) is 0 Å². The maximum atomic E-state index is 14.3. The van der Waals surface area contributed by atoms with Crippen LogP contribution in [0.2, 0.25) is 0 Å². The van der Waals surface area contributed by atoms with Crippen LogP contribution >= 0.6 is 0 Å². The van der Waals surface area contributed by atoms with Crippen LogP contribution in [0.25, 0.3) is 0 Å². The molecule has 0 aromatic carbocycles. The number of hydrogen-bond acceptors (Lipinski definition) is 32. The van der Waals surface area contributed by atoms with Crippen LogP contribution in [0.3, 0.4) is 0 Å². The number of hydrogen-bond donors (Lipinski definition) is 20. The number of carbonyl (C=O) groups is 11. The highest BCUT2D eigenvalue weighted by Crippen LogP contribution is 2.28. The van der Waals surface area contributed by atoms with E-state index in [1.807, 2.05) is 0 Å². The molecule has 874 valence electrons. The summed E-state index contributed by atoms with van der Waals surface area (Å²) in [4.78, 5) is 141. The topological polar surface area (TPSA) is 613 Å². The van der Waals surface area contributed by atoms with E-state index in [4.69, 9.17) is 56.8 Å². The Morgan fingerprint density at radius 1 is 0.273 bits per heavy atom. The first-order chi connectivity index (χ1) is 72.6. The highest BCUT2D eigenvalue weighted by atomic mass is 16.7. The normalized spacial score (nSPS) is 21.2. The first-order valence-corrected chi connectivity index (χ1v) is 56.9. The number of aliphatic hydroxyl groups excluding tert-OH is 9. The van der Waals surface area contributed by atoms with Crippen LogP contribution in [0.5, 0.6) is 0 Å². The van der Waals surface area contributed by atoms with E-state index < -0.39 is 153 Å². The number of alkyl carbamates (subject to hydrolysis) is 1. The summed E-state index contributed by atoms with van der Waals surface area (Å²) in [6.45, 7) is 8.25. The molecule has 43 heteroatoms. The zero-order valence-electron chi connectivity index (χ0n) is 91.5. The Morgan fingerprint density at radius 2 is 0.533 bits per heavy atom. The Balaban J connectivity index is 1.68. The monoisotopic (exact) mass is 2150 g/mol. The average molecular weight is 2150 g/mol. The second-order valence-electron chi connectivity index (χ2n) is 40.2. The molecule has 0 aliphatic carbocycles. The van der Waals surface area contributed by atoms with Gasteiger partial charge in [0.1, 0.15) is 91.3 Å². The molecule has 15 unspecified atom stereocenters. The van der Waals surface area contributed by atoms with E-state index >= 15 is 0 Å². The van der Waals surface area contributed by atoms with Crippen molar-refractivity contribution in [3.8, 4) is 0 Å². The third-order valence-corrected chi connectivity index (χ3v) is 26.5. The standard InChI is InChI=1S/C107H199N11O32/c1-6-8-10-12-14-16-18-20-22-24-26-28-30-32-34-42-64-139-75-83(143-65-43-35-33-31-29-27-25-23-21-19-17-15-13-11-9-7-2)76-147-106(138)114-57-41-36-37-53-93(131)118-107(77-140-69-54-90(128)111-61-47-58-108-87(125)50-38-44-66-144-103-94(115-80(3)122)100(135)97(132)84(72-119)148-103,78-141-70-55-91(129)112-62-48-59-109-88(126)51-39-45-67-145-104-95(116-81(4)123)101(136)98(133)85(73-120)149-104)79-142-71-56-92(130)113-63-49-60-110-89(127)52-40-46-68-146-105-96(117-82(5)124)102(137)99(134)86(74-121)150-105/h83-86,94-105,119-121,132-137H,6-79H2,1-5H3,(H,108,125)(H,109,126)(H,110,127)(H,111,128)(H,112,129)(H,113,130)(H,114,138)(H,115,122)(H,116,123)(H,117,124)(H,118,131)/t83-,84?,85?,86?,94?,95?,96?,97?,98?,99?,100?,101?,102?,103?,104?,105?,107?/m1/s1. The van der Waals surface area contributed by atoms with Crippen LogP contribution in [0.15, 0.2) is 0 Å². The first-order valence-electron chi connectivity index (χ1n) is 56.9. The Kier molecular flexibility index (Phi) is 82.6. The van der Waals surface area contributed by atoms with Gasteiger partial charge in [-0.3, -0.25) is 47.9 Å². The molecule has 20 N–H and O–H groups in total. The van der Waals surface area contributed by atoms with Crippen molar-refractivity contribution in [1.82, 2.24) is 58.5 Å². The summed E-state index contributed by atoms with van der Waals surface area (Å²) in [7, 11) is 0. The minimum absolute atomic E-state index is 0.000801. The number of nitrogens with one attached hydrogen (secondary N) is 11. The highest BCUT2D eigenvalue weighted by Gasteiger charge is 2.48. The minimum Gasteiger partial charge on any atom is -0.447 e. The second kappa shape index (κ2) is 90.3. The number of aliphatic hydroxyl groups is 9. The molecule has 3 aliphatic rings. The molecule has 3 aliphatic heterocycles. The lowest BCUT2D eigenvalue weighted by Crippen LogP contribution is -2.64. The zero-order chi connectivity index (χ0) is 110. The van der Waals surface area contributed by atoms with Gasteiger partial charge >= 0.3 is 6.09 Å². The number of ether oxygens (including phenoxy) is 12. The van der Waals surface area contributed by atoms with Gasteiger partial charge in [-0.1, -0.05) is 213 Å². The predicted molar refractivity (Wildman–Crippen MR) is 562 cm³/mol. The Labute approximate surface area is 892 Å². The van der Waals surface area contributed by atoms with Crippen molar-refractivity contribution >= 4 is 65.2 Å². The second-order valence-corrected chi connectivity index (χ2v) is 40.2. The van der Waals surface area contributed by atoms with Crippen LogP contribution in [0.1, 0.15) is 362 Å². The third kappa shape index (κ3) is 68.5. The van der Waals surface area contributed by atoms with Gasteiger partial charge in [0.25, 0.3) is 0 Å². The summed E-state index contributed by atoms with van der Waals surface area (Å²) in [5.74, 6) is -3.86. The van der Waals surface area contributed by atoms with Crippen molar-refractivity contribution in [3.05, 3.63) is 0 Å². The Bertz CT molecular complexity index is 3240. The van der Waals surface area contributed by atoms with Crippen molar-refractivity contribution in [3.63, 3.8) is 0 Å². The Hall–Kier alpha value is -6.83. The lowest BCUT2D eigenvalue weighted by atomic mass is 9.97. The molecule has 0 radical (unpaired) electrons. The summed E-state index contributed by atoms with van der Waals surface area (Å²) in [6, 6.07) is -3.32. The lowest BCUT2D eigenvalue weighted by molar-refractivity contribution is -0.270. The smallest absolute Gasteiger partial charge is 0.407 e. The summed E-state index contributed by atoms with van der Waals surface area (Å²) in [5.41, 5.74) is -1.49. The molecule has 0 saturated carbocycles. The fourth-order valence-corrected chi connectivity index (χ4v) is 17.7. The maximum Gasteiger partial charge on any atom is 0.407 e.